The maximum atomic E-state index is 10.8. The first-order chi connectivity index (χ1) is 6.09. The van der Waals surface area contributed by atoms with Crippen LogP contribution in [0.2, 0.25) is 0 Å². The molecule has 1 heterocycles. The molecule has 1 amide bonds. The summed E-state index contributed by atoms with van der Waals surface area (Å²) in [5.74, 6) is -0.526. The number of hydrogen-bond acceptors (Lipinski definition) is 4. The third-order valence-corrected chi connectivity index (χ3v) is 1.37. The van der Waals surface area contributed by atoms with E-state index in [4.69, 9.17) is 5.73 Å². The Morgan fingerprint density at radius 1 is 1.62 bits per heavy atom. The third kappa shape index (κ3) is 2.72. The lowest BCUT2D eigenvalue weighted by atomic mass is 10.3. The number of nitrogens with zero attached hydrogens (tertiary/aromatic N) is 2. The first-order valence-corrected chi connectivity index (χ1v) is 3.79. The van der Waals surface area contributed by atoms with Gasteiger partial charge in [-0.3, -0.25) is 9.78 Å². The minimum atomic E-state index is -0.526. The van der Waals surface area contributed by atoms with E-state index in [-0.39, 0.29) is 5.69 Å². The fraction of sp³-hybridized carbons (Fsp3) is 0.250. The summed E-state index contributed by atoms with van der Waals surface area (Å²) >= 11 is 0. The summed E-state index contributed by atoms with van der Waals surface area (Å²) in [7, 11) is 3.70. The number of pyridine rings is 1. The molecule has 5 nitrogen and oxygen atoms in total. The zero-order chi connectivity index (χ0) is 9.84. The molecule has 5 heteroatoms. The molecule has 1 aromatic rings. The summed E-state index contributed by atoms with van der Waals surface area (Å²) in [6.45, 7) is 0. The average Bonchev–Trinajstić information content (AvgIpc) is 2.03. The smallest absolute Gasteiger partial charge is 0.267 e. The van der Waals surface area contributed by atoms with Gasteiger partial charge in [0.1, 0.15) is 5.69 Å². The van der Waals surface area contributed by atoms with Gasteiger partial charge in [-0.1, -0.05) is 0 Å². The number of nitrogens with two attached hydrogens (primary N) is 1. The molecule has 0 aliphatic rings. The Balaban J connectivity index is 2.85. The van der Waals surface area contributed by atoms with Crippen LogP contribution in [0.5, 0.6) is 0 Å². The van der Waals surface area contributed by atoms with E-state index in [1.807, 2.05) is 14.1 Å². The molecule has 1 rings (SSSR count). The Morgan fingerprint density at radius 2 is 2.31 bits per heavy atom. The SMILES string of the molecule is CN(C)Nc1ccnc(C(N)=O)c1. The van der Waals surface area contributed by atoms with Crippen molar-refractivity contribution in [2.24, 2.45) is 5.73 Å². The highest BCUT2D eigenvalue weighted by Crippen LogP contribution is 2.07. The topological polar surface area (TPSA) is 71.2 Å². The molecular formula is C8H12N4O. The molecule has 0 aromatic carbocycles. The van der Waals surface area contributed by atoms with Gasteiger partial charge in [0, 0.05) is 20.3 Å². The van der Waals surface area contributed by atoms with E-state index in [0.29, 0.717) is 0 Å². The Kier molecular flexibility index (Phi) is 2.81. The predicted octanol–water partition coefficient (Wildman–Crippen LogP) is 0.0690. The van der Waals surface area contributed by atoms with Gasteiger partial charge in [0.25, 0.3) is 5.91 Å². The van der Waals surface area contributed by atoms with Gasteiger partial charge in [-0.2, -0.15) is 0 Å². The van der Waals surface area contributed by atoms with Crippen molar-refractivity contribution in [2.75, 3.05) is 19.5 Å². The van der Waals surface area contributed by atoms with Crippen LogP contribution < -0.4 is 11.2 Å². The molecule has 1 aromatic heterocycles. The molecule has 0 bridgehead atoms. The monoisotopic (exact) mass is 180 g/mol. The lowest BCUT2D eigenvalue weighted by molar-refractivity contribution is 0.0995. The second-order valence-corrected chi connectivity index (χ2v) is 2.80. The summed E-state index contributed by atoms with van der Waals surface area (Å²) in [6.07, 6.45) is 1.53. The quantitative estimate of drug-likeness (QED) is 0.646. The molecule has 0 radical (unpaired) electrons. The van der Waals surface area contributed by atoms with Gasteiger partial charge in [0.15, 0.2) is 0 Å². The second-order valence-electron chi connectivity index (χ2n) is 2.80. The zero-order valence-corrected chi connectivity index (χ0v) is 7.61. The van der Waals surface area contributed by atoms with E-state index in [1.165, 1.54) is 6.20 Å². The Bertz CT molecular complexity index is 311. The van der Waals surface area contributed by atoms with Crippen molar-refractivity contribution < 1.29 is 4.79 Å². The summed E-state index contributed by atoms with van der Waals surface area (Å²) < 4.78 is 0. The normalized spacial score (nSPS) is 10.1. The van der Waals surface area contributed by atoms with Crippen LogP contribution in [0.4, 0.5) is 5.69 Å². The number of nitrogens with one attached hydrogen (secondary N) is 1. The Morgan fingerprint density at radius 3 is 2.85 bits per heavy atom. The van der Waals surface area contributed by atoms with E-state index in [1.54, 1.807) is 17.1 Å². The van der Waals surface area contributed by atoms with E-state index >= 15 is 0 Å². The summed E-state index contributed by atoms with van der Waals surface area (Å²) in [6, 6.07) is 3.36. The van der Waals surface area contributed by atoms with Gasteiger partial charge in [0.05, 0.1) is 5.69 Å². The molecular weight excluding hydrogens is 168 g/mol. The van der Waals surface area contributed by atoms with Crippen LogP contribution >= 0.6 is 0 Å². The minimum Gasteiger partial charge on any atom is -0.364 e. The maximum absolute atomic E-state index is 10.8. The molecule has 70 valence electrons. The highest BCUT2D eigenvalue weighted by molar-refractivity contribution is 5.91. The van der Waals surface area contributed by atoms with Crippen molar-refractivity contribution in [1.82, 2.24) is 9.99 Å². The van der Waals surface area contributed by atoms with E-state index < -0.39 is 5.91 Å². The molecule has 0 unspecified atom stereocenters. The number of aromatic nitrogens is 1. The van der Waals surface area contributed by atoms with Gasteiger partial charge < -0.3 is 11.2 Å². The largest absolute Gasteiger partial charge is 0.364 e. The van der Waals surface area contributed by atoms with Crippen molar-refractivity contribution in [2.45, 2.75) is 0 Å². The number of hydrazine groups is 1. The van der Waals surface area contributed by atoms with Crippen molar-refractivity contribution in [1.29, 1.82) is 0 Å². The van der Waals surface area contributed by atoms with Crippen LogP contribution in [-0.2, 0) is 0 Å². The van der Waals surface area contributed by atoms with Crippen LogP contribution in [0.25, 0.3) is 0 Å². The number of anilines is 1. The number of carbonyl (C=O) groups excluding carboxylic acids is 1. The van der Waals surface area contributed by atoms with Crippen molar-refractivity contribution in [3.63, 3.8) is 0 Å². The van der Waals surface area contributed by atoms with Gasteiger partial charge in [0.2, 0.25) is 0 Å². The molecule has 3 N–H and O–H groups in total. The number of amides is 1. The average molecular weight is 180 g/mol. The molecule has 0 fully saturated rings. The predicted molar refractivity (Wildman–Crippen MR) is 50.1 cm³/mol. The first kappa shape index (κ1) is 9.47. The maximum Gasteiger partial charge on any atom is 0.267 e. The standard InChI is InChI=1S/C8H12N4O/c1-12(2)11-6-3-4-10-7(5-6)8(9)13/h3-5H,1-2H3,(H2,9,13)(H,10,11). The molecule has 0 aliphatic carbocycles. The number of rotatable bonds is 3. The number of primary amides is 1. The van der Waals surface area contributed by atoms with Crippen molar-refractivity contribution in [3.05, 3.63) is 24.0 Å². The number of carbonyl (C=O) groups is 1. The van der Waals surface area contributed by atoms with E-state index in [9.17, 15) is 4.79 Å². The van der Waals surface area contributed by atoms with Gasteiger partial charge >= 0.3 is 0 Å². The Hall–Kier alpha value is -1.62. The first-order valence-electron chi connectivity index (χ1n) is 3.79. The molecule has 0 saturated heterocycles. The summed E-state index contributed by atoms with van der Waals surface area (Å²) in [5.41, 5.74) is 9.10. The fourth-order valence-electron chi connectivity index (χ4n) is 0.893. The highest BCUT2D eigenvalue weighted by Gasteiger charge is 2.02. The molecule has 0 spiro atoms. The third-order valence-electron chi connectivity index (χ3n) is 1.37. The van der Waals surface area contributed by atoms with Gasteiger partial charge in [-0.25, -0.2) is 5.01 Å². The lowest BCUT2D eigenvalue weighted by Crippen LogP contribution is -2.20. The lowest BCUT2D eigenvalue weighted by Gasteiger charge is -2.13. The van der Waals surface area contributed by atoms with Crippen LogP contribution in [0.3, 0.4) is 0 Å². The number of hydrogen-bond donors (Lipinski definition) is 2. The molecule has 0 saturated carbocycles. The minimum absolute atomic E-state index is 0.256. The van der Waals surface area contributed by atoms with Crippen LogP contribution in [0, 0.1) is 0 Å². The molecule has 0 aliphatic heterocycles. The van der Waals surface area contributed by atoms with E-state index in [0.717, 1.165) is 5.69 Å². The van der Waals surface area contributed by atoms with E-state index in [2.05, 4.69) is 10.4 Å². The van der Waals surface area contributed by atoms with Crippen molar-refractivity contribution >= 4 is 11.6 Å². The second kappa shape index (κ2) is 3.86. The fourth-order valence-corrected chi connectivity index (χ4v) is 0.893. The van der Waals surface area contributed by atoms with Gasteiger partial charge in [-0.15, -0.1) is 0 Å². The van der Waals surface area contributed by atoms with Gasteiger partial charge in [-0.05, 0) is 12.1 Å². The molecule has 0 atom stereocenters. The van der Waals surface area contributed by atoms with Crippen molar-refractivity contribution in [3.8, 4) is 0 Å². The zero-order valence-electron chi connectivity index (χ0n) is 7.61. The van der Waals surface area contributed by atoms with Crippen LogP contribution in [-0.4, -0.2) is 30.0 Å². The summed E-state index contributed by atoms with van der Waals surface area (Å²) in [4.78, 5) is 14.6. The van der Waals surface area contributed by atoms with Crippen LogP contribution in [0.15, 0.2) is 18.3 Å². The Labute approximate surface area is 76.5 Å². The molecule has 13 heavy (non-hydrogen) atoms. The highest BCUT2D eigenvalue weighted by atomic mass is 16.1. The van der Waals surface area contributed by atoms with Crippen LogP contribution in [0.1, 0.15) is 10.5 Å². The summed E-state index contributed by atoms with van der Waals surface area (Å²) in [5, 5.41) is 1.76.